The average Bonchev–Trinajstić information content (AvgIpc) is 2.90. The molecule has 2 aromatic rings. The number of halogens is 4. The van der Waals surface area contributed by atoms with E-state index >= 15 is 0 Å². The monoisotopic (exact) mass is 433 g/mol. The second-order valence-corrected chi connectivity index (χ2v) is 6.94. The number of alkyl halides is 3. The zero-order valence-electron chi connectivity index (χ0n) is 13.7. The smallest absolute Gasteiger partial charge is 0.338 e. The van der Waals surface area contributed by atoms with E-state index in [4.69, 9.17) is 0 Å². The van der Waals surface area contributed by atoms with Gasteiger partial charge in [0.15, 0.2) is 0 Å². The number of carbonyl (C=O) groups is 1. The maximum absolute atomic E-state index is 12.9. The van der Waals surface area contributed by atoms with Crippen molar-refractivity contribution in [1.82, 2.24) is 24.2 Å². The van der Waals surface area contributed by atoms with Gasteiger partial charge in [-0.2, -0.15) is 13.2 Å². The van der Waals surface area contributed by atoms with Gasteiger partial charge in [0.05, 0.1) is 11.6 Å². The predicted octanol–water partition coefficient (Wildman–Crippen LogP) is 2.24. The fraction of sp³-hybridized carbons (Fsp3) is 0.467. The van der Waals surface area contributed by atoms with Crippen molar-refractivity contribution < 1.29 is 18.0 Å². The molecule has 3 rings (SSSR count). The van der Waals surface area contributed by atoms with Gasteiger partial charge >= 0.3 is 11.9 Å². The fourth-order valence-corrected chi connectivity index (χ4v) is 3.33. The van der Waals surface area contributed by atoms with Crippen molar-refractivity contribution in [1.29, 1.82) is 0 Å². The summed E-state index contributed by atoms with van der Waals surface area (Å²) in [6.07, 6.45) is -0.973. The van der Waals surface area contributed by atoms with Crippen molar-refractivity contribution in [3.63, 3.8) is 0 Å². The molecule has 1 saturated heterocycles. The first-order valence-corrected chi connectivity index (χ1v) is 8.60. The van der Waals surface area contributed by atoms with E-state index in [1.54, 1.807) is 17.2 Å². The molecule has 7 nitrogen and oxygen atoms in total. The Balaban J connectivity index is 1.73. The number of piperidine rings is 1. The highest BCUT2D eigenvalue weighted by molar-refractivity contribution is 9.10. The summed E-state index contributed by atoms with van der Waals surface area (Å²) < 4.78 is 40.8. The van der Waals surface area contributed by atoms with Gasteiger partial charge in [-0.1, -0.05) is 0 Å². The first kappa shape index (κ1) is 18.6. The van der Waals surface area contributed by atoms with Crippen LogP contribution in [0.2, 0.25) is 0 Å². The molecule has 3 heterocycles. The minimum atomic E-state index is -4.69. The first-order chi connectivity index (χ1) is 12.2. The van der Waals surface area contributed by atoms with Crippen LogP contribution >= 0.6 is 15.9 Å². The molecular weight excluding hydrogens is 419 g/mol. The van der Waals surface area contributed by atoms with Crippen LogP contribution in [-0.4, -0.2) is 43.2 Å². The third-order valence-electron chi connectivity index (χ3n) is 4.31. The lowest BCUT2D eigenvalue weighted by Gasteiger charge is -2.31. The van der Waals surface area contributed by atoms with Gasteiger partial charge in [0.2, 0.25) is 5.82 Å². The summed E-state index contributed by atoms with van der Waals surface area (Å²) in [5, 5.41) is 3.47. The van der Waals surface area contributed by atoms with Crippen molar-refractivity contribution in [2.45, 2.75) is 25.1 Å². The van der Waals surface area contributed by atoms with Crippen LogP contribution in [0.4, 0.5) is 13.2 Å². The Labute approximate surface area is 154 Å². The standard InChI is InChI=1S/C15H15BrF3N5O2/c1-22-13(15(17,18)19)21-24(14(22)26)11-2-4-23(5-3-11)12(25)9-6-10(16)8-20-7-9/h6-8,11H,2-5H2,1H3. The molecule has 26 heavy (non-hydrogen) atoms. The number of hydrogen-bond donors (Lipinski definition) is 0. The quantitative estimate of drug-likeness (QED) is 0.727. The maximum atomic E-state index is 12.9. The molecule has 1 fully saturated rings. The molecule has 0 unspecified atom stereocenters. The number of rotatable bonds is 2. The predicted molar refractivity (Wildman–Crippen MR) is 88.6 cm³/mol. The number of likely N-dealkylation sites (tertiary alicyclic amines) is 1. The summed E-state index contributed by atoms with van der Waals surface area (Å²) in [5.74, 6) is -1.43. The molecule has 1 amide bonds. The third-order valence-corrected chi connectivity index (χ3v) is 4.74. The maximum Gasteiger partial charge on any atom is 0.451 e. The van der Waals surface area contributed by atoms with Crippen LogP contribution in [0, 0.1) is 0 Å². The summed E-state index contributed by atoms with van der Waals surface area (Å²) in [6, 6.07) is 1.18. The van der Waals surface area contributed by atoms with E-state index in [1.807, 2.05) is 0 Å². The van der Waals surface area contributed by atoms with E-state index in [0.29, 0.717) is 40.5 Å². The van der Waals surface area contributed by atoms with Crippen LogP contribution < -0.4 is 5.69 Å². The van der Waals surface area contributed by atoms with Gasteiger partial charge in [-0.25, -0.2) is 9.48 Å². The van der Waals surface area contributed by atoms with E-state index in [0.717, 1.165) is 11.7 Å². The number of amides is 1. The lowest BCUT2D eigenvalue weighted by molar-refractivity contribution is -0.147. The summed E-state index contributed by atoms with van der Waals surface area (Å²) in [6.45, 7) is 0.640. The van der Waals surface area contributed by atoms with Gasteiger partial charge < -0.3 is 4.90 Å². The number of hydrogen-bond acceptors (Lipinski definition) is 4. The lowest BCUT2D eigenvalue weighted by Crippen LogP contribution is -2.41. The Morgan fingerprint density at radius 3 is 2.46 bits per heavy atom. The molecule has 0 N–H and O–H groups in total. The van der Waals surface area contributed by atoms with Crippen LogP contribution in [-0.2, 0) is 13.2 Å². The van der Waals surface area contributed by atoms with E-state index in [-0.39, 0.29) is 5.91 Å². The molecule has 2 aromatic heterocycles. The molecule has 0 saturated carbocycles. The molecule has 0 bridgehead atoms. The Morgan fingerprint density at radius 1 is 1.27 bits per heavy atom. The highest BCUT2D eigenvalue weighted by Gasteiger charge is 2.39. The van der Waals surface area contributed by atoms with E-state index in [1.165, 1.54) is 6.20 Å². The third kappa shape index (κ3) is 3.53. The van der Waals surface area contributed by atoms with Crippen LogP contribution in [0.5, 0.6) is 0 Å². The molecule has 140 valence electrons. The topological polar surface area (TPSA) is 73.0 Å². The van der Waals surface area contributed by atoms with Crippen LogP contribution in [0.1, 0.15) is 35.1 Å². The lowest BCUT2D eigenvalue weighted by atomic mass is 10.0. The Bertz CT molecular complexity index is 884. The summed E-state index contributed by atoms with van der Waals surface area (Å²) in [4.78, 5) is 30.1. The Hall–Kier alpha value is -2.17. The van der Waals surface area contributed by atoms with Crippen molar-refractivity contribution >= 4 is 21.8 Å². The number of pyridine rings is 1. The molecule has 0 atom stereocenters. The van der Waals surface area contributed by atoms with Crippen LogP contribution in [0.25, 0.3) is 0 Å². The van der Waals surface area contributed by atoms with Gasteiger partial charge in [0, 0.05) is 37.0 Å². The van der Waals surface area contributed by atoms with Crippen molar-refractivity contribution in [3.05, 3.63) is 44.8 Å². The SMILES string of the molecule is Cn1c(C(F)(F)F)nn(C2CCN(C(=O)c3cncc(Br)c3)CC2)c1=O. The average molecular weight is 434 g/mol. The molecule has 0 aliphatic carbocycles. The first-order valence-electron chi connectivity index (χ1n) is 7.81. The van der Waals surface area contributed by atoms with Gasteiger partial charge in [-0.05, 0) is 34.8 Å². The van der Waals surface area contributed by atoms with Gasteiger partial charge in [-0.15, -0.1) is 5.10 Å². The zero-order chi connectivity index (χ0) is 19.1. The minimum Gasteiger partial charge on any atom is -0.338 e. The zero-order valence-corrected chi connectivity index (χ0v) is 15.3. The molecule has 1 aliphatic rings. The Kier molecular flexibility index (Phi) is 4.91. The molecule has 0 radical (unpaired) electrons. The van der Waals surface area contributed by atoms with E-state index < -0.39 is 23.7 Å². The van der Waals surface area contributed by atoms with Gasteiger partial charge in [0.1, 0.15) is 0 Å². The van der Waals surface area contributed by atoms with Crippen molar-refractivity contribution in [2.75, 3.05) is 13.1 Å². The largest absolute Gasteiger partial charge is 0.451 e. The highest BCUT2D eigenvalue weighted by atomic mass is 79.9. The minimum absolute atomic E-state index is 0.207. The summed E-state index contributed by atoms with van der Waals surface area (Å²) >= 11 is 3.25. The molecule has 1 aliphatic heterocycles. The molecule has 0 aromatic carbocycles. The number of aromatic nitrogens is 4. The number of carbonyl (C=O) groups excluding carboxylic acids is 1. The van der Waals surface area contributed by atoms with E-state index in [9.17, 15) is 22.8 Å². The fourth-order valence-electron chi connectivity index (χ4n) is 2.97. The van der Waals surface area contributed by atoms with Gasteiger partial charge in [-0.3, -0.25) is 14.3 Å². The molecule has 0 spiro atoms. The second kappa shape index (κ2) is 6.86. The van der Waals surface area contributed by atoms with Crippen LogP contribution in [0.15, 0.2) is 27.7 Å². The normalized spacial score (nSPS) is 16.1. The second-order valence-electron chi connectivity index (χ2n) is 6.02. The summed E-state index contributed by atoms with van der Waals surface area (Å²) in [5.41, 5.74) is -0.384. The molecular formula is C15H15BrF3N5O2. The molecule has 11 heteroatoms. The highest BCUT2D eigenvalue weighted by Crippen LogP contribution is 2.28. The van der Waals surface area contributed by atoms with Gasteiger partial charge in [0.25, 0.3) is 5.91 Å². The van der Waals surface area contributed by atoms with E-state index in [2.05, 4.69) is 26.0 Å². The van der Waals surface area contributed by atoms with Crippen molar-refractivity contribution in [2.24, 2.45) is 7.05 Å². The number of nitrogens with zero attached hydrogens (tertiary/aromatic N) is 5. The van der Waals surface area contributed by atoms with Crippen molar-refractivity contribution in [3.8, 4) is 0 Å². The van der Waals surface area contributed by atoms with Crippen LogP contribution in [0.3, 0.4) is 0 Å². The Morgan fingerprint density at radius 2 is 1.92 bits per heavy atom. The summed E-state index contributed by atoms with van der Waals surface area (Å²) in [7, 11) is 1.05.